The Morgan fingerprint density at radius 2 is 1.77 bits per heavy atom. The number of hydrogen-bond donors (Lipinski definition) is 4. The van der Waals surface area contributed by atoms with Crippen LogP contribution in [0.1, 0.15) is 106 Å². The number of nitrogens with zero attached hydrogens (tertiary/aromatic N) is 1. The summed E-state index contributed by atoms with van der Waals surface area (Å²) in [5, 5.41) is 37.1. The van der Waals surface area contributed by atoms with Gasteiger partial charge in [-0.25, -0.2) is 0 Å². The van der Waals surface area contributed by atoms with E-state index in [4.69, 9.17) is 14.2 Å². The molecule has 9 heteroatoms. The monoisotopic (exact) mass is 658 g/mol. The second-order valence-corrected chi connectivity index (χ2v) is 19.2. The maximum Gasteiger partial charge on any atom is 0.237 e. The number of carbonyl (C=O) groups is 1. The minimum atomic E-state index is -1.26. The summed E-state index contributed by atoms with van der Waals surface area (Å²) < 4.78 is 19.7. The van der Waals surface area contributed by atoms with Crippen LogP contribution in [-0.4, -0.2) is 101 Å². The van der Waals surface area contributed by atoms with E-state index in [0.717, 1.165) is 45.2 Å². The van der Waals surface area contributed by atoms with Gasteiger partial charge in [0.05, 0.1) is 49.2 Å². The van der Waals surface area contributed by atoms with Crippen molar-refractivity contribution in [2.75, 3.05) is 26.2 Å². The van der Waals surface area contributed by atoms with Crippen LogP contribution in [0.5, 0.6) is 0 Å². The Balaban J connectivity index is 1.02. The number of aliphatic hydroxyl groups is 3. The average molecular weight is 659 g/mol. The summed E-state index contributed by atoms with van der Waals surface area (Å²) in [6.07, 6.45) is 7.10. The van der Waals surface area contributed by atoms with Crippen LogP contribution < -0.4 is 5.32 Å². The Kier molecular flexibility index (Phi) is 7.53. The molecule has 3 aliphatic heterocycles. The zero-order valence-electron chi connectivity index (χ0n) is 30.0. The van der Waals surface area contributed by atoms with E-state index in [2.05, 4.69) is 44.8 Å². The molecule has 15 atom stereocenters. The normalized spacial score (nSPS) is 54.4. The van der Waals surface area contributed by atoms with Crippen molar-refractivity contribution >= 4 is 5.91 Å². The molecule has 0 aromatic carbocycles. The van der Waals surface area contributed by atoms with Crippen LogP contribution >= 0.6 is 0 Å². The highest BCUT2D eigenvalue weighted by Gasteiger charge is 2.84. The van der Waals surface area contributed by atoms with Gasteiger partial charge in [0, 0.05) is 18.5 Å². The molecule has 0 aromatic heterocycles. The lowest BCUT2D eigenvalue weighted by Crippen LogP contribution is -2.60. The average Bonchev–Trinajstić information content (AvgIpc) is 3.41. The molecule has 1 amide bonds. The van der Waals surface area contributed by atoms with E-state index in [-0.39, 0.29) is 58.0 Å². The molecular weight excluding hydrogens is 596 g/mol. The highest BCUT2D eigenvalue weighted by molar-refractivity contribution is 5.83. The maximum absolute atomic E-state index is 12.4. The summed E-state index contributed by atoms with van der Waals surface area (Å²) in [6.45, 7) is 18.1. The van der Waals surface area contributed by atoms with E-state index in [9.17, 15) is 20.1 Å². The van der Waals surface area contributed by atoms with Crippen LogP contribution in [0, 0.1) is 50.7 Å². The Morgan fingerprint density at radius 1 is 1.04 bits per heavy atom. The third-order valence-corrected chi connectivity index (χ3v) is 16.7. The fourth-order valence-corrected chi connectivity index (χ4v) is 14.3. The summed E-state index contributed by atoms with van der Waals surface area (Å²) in [5.41, 5.74) is -1.00. The van der Waals surface area contributed by atoms with Gasteiger partial charge < -0.3 is 34.8 Å². The molecule has 9 nitrogen and oxygen atoms in total. The second kappa shape index (κ2) is 10.6. The second-order valence-electron chi connectivity index (χ2n) is 19.2. The largest absolute Gasteiger partial charge is 0.390 e. The van der Waals surface area contributed by atoms with E-state index in [1.807, 2.05) is 0 Å². The molecule has 8 aliphatic rings. The Hall–Kier alpha value is -0.810. The van der Waals surface area contributed by atoms with Crippen LogP contribution in [0.3, 0.4) is 0 Å². The molecule has 8 fully saturated rings. The quantitative estimate of drug-likeness (QED) is 0.352. The van der Waals surface area contributed by atoms with Crippen molar-refractivity contribution in [1.29, 1.82) is 0 Å². The van der Waals surface area contributed by atoms with Crippen LogP contribution in [0.2, 0.25) is 0 Å². The third kappa shape index (κ3) is 4.35. The van der Waals surface area contributed by atoms with Crippen molar-refractivity contribution in [2.45, 2.75) is 155 Å². The molecule has 266 valence electrons. The first kappa shape index (κ1) is 33.3. The first-order valence-corrected chi connectivity index (χ1v) is 19.0. The standard InChI is InChI=1S/C38H62N2O7/c1-21-18-23(30(41)34(4,5)44)46-29-28(21)35(6)13-14-38-20-37(38)12-10-26(33(2,3)24(37)8-9-25(38)36(35,7)31(29)42)47-27-19-40(16-17-45-27)22-11-15-39-32(22)43/h21-31,41-42,44H,8-20H2,1-7H3,(H,39,43)/t21-,22?,23?,24+,25?,26?,27+,28+,29?,30?,31+,35?,36-,37?,38?/m1/s1. The summed E-state index contributed by atoms with van der Waals surface area (Å²) >= 11 is 0. The van der Waals surface area contributed by atoms with Gasteiger partial charge >= 0.3 is 0 Å². The molecule has 0 radical (unpaired) electrons. The Morgan fingerprint density at radius 3 is 2.47 bits per heavy atom. The van der Waals surface area contributed by atoms with Crippen molar-refractivity contribution in [3.05, 3.63) is 0 Å². The zero-order valence-corrected chi connectivity index (χ0v) is 30.0. The number of morpholine rings is 1. The molecule has 4 N–H and O–H groups in total. The molecule has 0 aromatic rings. The Bertz CT molecular complexity index is 1270. The number of fused-ring (bicyclic) bond motifs is 4. The van der Waals surface area contributed by atoms with Gasteiger partial charge in [0.25, 0.3) is 0 Å². The van der Waals surface area contributed by atoms with Gasteiger partial charge in [0.2, 0.25) is 5.91 Å². The number of rotatable bonds is 5. The summed E-state index contributed by atoms with van der Waals surface area (Å²) in [6, 6.07) is -0.0618. The predicted molar refractivity (Wildman–Crippen MR) is 176 cm³/mol. The lowest BCUT2D eigenvalue weighted by atomic mass is 9.41. The molecule has 8 rings (SSSR count). The highest BCUT2D eigenvalue weighted by Crippen LogP contribution is 2.89. The van der Waals surface area contributed by atoms with Crippen molar-refractivity contribution in [3.8, 4) is 0 Å². The number of amides is 1. The first-order chi connectivity index (χ1) is 22.0. The lowest BCUT2D eigenvalue weighted by Gasteiger charge is -2.64. The van der Waals surface area contributed by atoms with E-state index >= 15 is 0 Å². The van der Waals surface area contributed by atoms with Gasteiger partial charge in [-0.15, -0.1) is 0 Å². The number of ether oxygens (including phenoxy) is 3. The number of nitrogens with one attached hydrogen (secondary N) is 1. The SMILES string of the molecule is C[C@@H]1CC(C(O)C(C)(C)O)OC2[C@H]1C1(C)CCC34CC35CCC(O[C@H]3CN(C6CCNC6=O)CCO3)C(C)(C)[C@@H]5CCC4[C@]1(C)[C@H]2O. The van der Waals surface area contributed by atoms with Gasteiger partial charge in [0.15, 0.2) is 6.29 Å². The third-order valence-electron chi connectivity index (χ3n) is 16.7. The first-order valence-electron chi connectivity index (χ1n) is 19.0. The molecule has 3 heterocycles. The minimum Gasteiger partial charge on any atom is -0.390 e. The smallest absolute Gasteiger partial charge is 0.237 e. The predicted octanol–water partition coefficient (Wildman–Crippen LogP) is 3.86. The van der Waals surface area contributed by atoms with E-state index in [1.165, 1.54) is 19.3 Å². The topological polar surface area (TPSA) is 121 Å². The Labute approximate surface area is 281 Å². The van der Waals surface area contributed by atoms with Gasteiger partial charge in [0.1, 0.15) is 6.10 Å². The van der Waals surface area contributed by atoms with E-state index < -0.39 is 23.9 Å². The molecule has 3 saturated heterocycles. The van der Waals surface area contributed by atoms with Gasteiger partial charge in [-0.1, -0.05) is 34.6 Å². The summed E-state index contributed by atoms with van der Waals surface area (Å²) in [7, 11) is 0. The molecular formula is C38H62N2O7. The van der Waals surface area contributed by atoms with E-state index in [0.29, 0.717) is 42.7 Å². The van der Waals surface area contributed by atoms with Crippen LogP contribution in [0.4, 0.5) is 0 Å². The van der Waals surface area contributed by atoms with Crippen LogP contribution in [0.15, 0.2) is 0 Å². The van der Waals surface area contributed by atoms with Gasteiger partial charge in [-0.3, -0.25) is 9.69 Å². The molecule has 47 heavy (non-hydrogen) atoms. The molecule has 5 saturated carbocycles. The van der Waals surface area contributed by atoms with Crippen molar-refractivity contribution < 1.29 is 34.3 Å². The molecule has 2 spiro atoms. The fraction of sp³-hybridized carbons (Fsp3) is 0.974. The maximum atomic E-state index is 12.4. The van der Waals surface area contributed by atoms with Crippen LogP contribution in [0.25, 0.3) is 0 Å². The number of aliphatic hydroxyl groups excluding tert-OH is 2. The highest BCUT2D eigenvalue weighted by atomic mass is 16.7. The van der Waals surface area contributed by atoms with E-state index in [1.54, 1.807) is 13.8 Å². The minimum absolute atomic E-state index is 0.00507. The van der Waals surface area contributed by atoms with Crippen molar-refractivity contribution in [2.24, 2.45) is 50.7 Å². The van der Waals surface area contributed by atoms with Crippen molar-refractivity contribution in [1.82, 2.24) is 10.2 Å². The van der Waals surface area contributed by atoms with Gasteiger partial charge in [-0.05, 0) is 117 Å². The molecule has 0 bridgehead atoms. The summed E-state index contributed by atoms with van der Waals surface area (Å²) in [5.74, 6) is 1.69. The van der Waals surface area contributed by atoms with Crippen LogP contribution in [-0.2, 0) is 19.0 Å². The number of hydrogen-bond acceptors (Lipinski definition) is 8. The van der Waals surface area contributed by atoms with Crippen molar-refractivity contribution in [3.63, 3.8) is 0 Å². The molecule has 9 unspecified atom stereocenters. The fourth-order valence-electron chi connectivity index (χ4n) is 14.3. The van der Waals surface area contributed by atoms with Gasteiger partial charge in [-0.2, -0.15) is 0 Å². The lowest BCUT2D eigenvalue weighted by molar-refractivity contribution is -0.250. The zero-order chi connectivity index (χ0) is 33.5. The molecule has 5 aliphatic carbocycles. The summed E-state index contributed by atoms with van der Waals surface area (Å²) in [4.78, 5) is 14.7. The number of carbonyl (C=O) groups excluding carboxylic acids is 1.